The molecule has 4 heteroatoms. The number of imidazole rings is 1. The van der Waals surface area contributed by atoms with Crippen molar-refractivity contribution in [3.05, 3.63) is 52.5 Å². The number of aromatic amines is 1. The predicted molar refractivity (Wildman–Crippen MR) is 75.3 cm³/mol. The Kier molecular flexibility index (Phi) is 3.48. The van der Waals surface area contributed by atoms with Crippen molar-refractivity contribution in [2.75, 3.05) is 0 Å². The number of hydrogen-bond acceptors (Lipinski definition) is 2. The molecule has 2 aromatic rings. The van der Waals surface area contributed by atoms with Gasteiger partial charge in [0.05, 0.1) is 6.33 Å². The summed E-state index contributed by atoms with van der Waals surface area (Å²) in [5.74, 6) is 0.694. The number of benzene rings is 1. The molecule has 0 amide bonds. The van der Waals surface area contributed by atoms with Crippen molar-refractivity contribution in [2.45, 2.75) is 31.3 Å². The quantitative estimate of drug-likeness (QED) is 0.910. The highest BCUT2D eigenvalue weighted by molar-refractivity contribution is 9.10. The smallest absolute Gasteiger partial charge is 0.0922 e. The summed E-state index contributed by atoms with van der Waals surface area (Å²) in [6, 6.07) is 9.16. The lowest BCUT2D eigenvalue weighted by Crippen LogP contribution is -2.39. The third-order valence-corrected chi connectivity index (χ3v) is 4.34. The van der Waals surface area contributed by atoms with E-state index >= 15 is 0 Å². The lowest BCUT2D eigenvalue weighted by Gasteiger charge is -2.36. The fourth-order valence-corrected chi connectivity index (χ4v) is 3.09. The molecule has 1 saturated carbocycles. The molecule has 3 rings (SSSR count). The summed E-state index contributed by atoms with van der Waals surface area (Å²) in [6.07, 6.45) is 6.03. The SMILES string of the molecule is Brc1ccccc1C1CC(NCc2cnc[nH]2)C1. The van der Waals surface area contributed by atoms with Crippen molar-refractivity contribution in [1.82, 2.24) is 15.3 Å². The van der Waals surface area contributed by atoms with Gasteiger partial charge in [-0.15, -0.1) is 0 Å². The summed E-state index contributed by atoms with van der Waals surface area (Å²) in [5.41, 5.74) is 2.59. The minimum absolute atomic E-state index is 0.630. The van der Waals surface area contributed by atoms with Crippen LogP contribution in [0, 0.1) is 0 Å². The number of nitrogens with zero attached hydrogens (tertiary/aromatic N) is 1. The predicted octanol–water partition coefficient (Wildman–Crippen LogP) is 3.21. The van der Waals surface area contributed by atoms with Gasteiger partial charge in [0.2, 0.25) is 0 Å². The van der Waals surface area contributed by atoms with E-state index in [9.17, 15) is 0 Å². The molecule has 94 valence electrons. The van der Waals surface area contributed by atoms with Crippen molar-refractivity contribution in [1.29, 1.82) is 0 Å². The Morgan fingerprint density at radius 2 is 2.17 bits per heavy atom. The van der Waals surface area contributed by atoms with E-state index in [1.54, 1.807) is 6.33 Å². The van der Waals surface area contributed by atoms with Crippen LogP contribution in [-0.4, -0.2) is 16.0 Å². The molecule has 0 unspecified atom stereocenters. The molecule has 2 N–H and O–H groups in total. The monoisotopic (exact) mass is 305 g/mol. The van der Waals surface area contributed by atoms with Crippen molar-refractivity contribution < 1.29 is 0 Å². The highest BCUT2D eigenvalue weighted by Gasteiger charge is 2.30. The lowest BCUT2D eigenvalue weighted by atomic mass is 9.76. The van der Waals surface area contributed by atoms with E-state index in [-0.39, 0.29) is 0 Å². The molecule has 1 heterocycles. The molecule has 0 aliphatic heterocycles. The molecule has 0 atom stereocenters. The summed E-state index contributed by atoms with van der Waals surface area (Å²) in [6.45, 7) is 0.882. The van der Waals surface area contributed by atoms with Gasteiger partial charge in [-0.05, 0) is 30.4 Å². The van der Waals surface area contributed by atoms with Crippen molar-refractivity contribution >= 4 is 15.9 Å². The minimum atomic E-state index is 0.630. The van der Waals surface area contributed by atoms with Gasteiger partial charge in [0.25, 0.3) is 0 Å². The molecule has 0 spiro atoms. The second kappa shape index (κ2) is 5.24. The van der Waals surface area contributed by atoms with Gasteiger partial charge >= 0.3 is 0 Å². The first-order valence-corrected chi connectivity index (χ1v) is 7.07. The van der Waals surface area contributed by atoms with Crippen LogP contribution in [0.2, 0.25) is 0 Å². The Bertz CT molecular complexity index is 504. The van der Waals surface area contributed by atoms with Crippen molar-refractivity contribution in [3.63, 3.8) is 0 Å². The summed E-state index contributed by atoms with van der Waals surface area (Å²) in [7, 11) is 0. The second-order valence-electron chi connectivity index (χ2n) is 4.84. The molecule has 18 heavy (non-hydrogen) atoms. The van der Waals surface area contributed by atoms with E-state index in [1.165, 1.54) is 22.9 Å². The van der Waals surface area contributed by atoms with E-state index in [4.69, 9.17) is 0 Å². The van der Waals surface area contributed by atoms with Gasteiger partial charge in [-0.25, -0.2) is 4.98 Å². The molecule has 0 radical (unpaired) electrons. The second-order valence-corrected chi connectivity index (χ2v) is 5.70. The average molecular weight is 306 g/mol. The van der Waals surface area contributed by atoms with E-state index in [0.29, 0.717) is 12.0 Å². The first-order valence-electron chi connectivity index (χ1n) is 6.28. The minimum Gasteiger partial charge on any atom is -0.347 e. The van der Waals surface area contributed by atoms with Crippen molar-refractivity contribution in [2.24, 2.45) is 0 Å². The standard InChI is InChI=1S/C14H16BrN3/c15-14-4-2-1-3-13(14)10-5-11(6-10)17-8-12-7-16-9-18-12/h1-4,7,9-11,17H,5-6,8H2,(H,16,18). The fourth-order valence-electron chi connectivity index (χ4n) is 2.48. The molecule has 1 aliphatic carbocycles. The number of halogens is 1. The van der Waals surface area contributed by atoms with Crippen LogP contribution >= 0.6 is 15.9 Å². The van der Waals surface area contributed by atoms with E-state index in [2.05, 4.69) is 55.5 Å². The van der Waals surface area contributed by atoms with Crippen molar-refractivity contribution in [3.8, 4) is 0 Å². The Labute approximate surface area is 115 Å². The van der Waals surface area contributed by atoms with E-state index in [0.717, 1.165) is 12.2 Å². The average Bonchev–Trinajstić information content (AvgIpc) is 2.82. The molecule has 0 saturated heterocycles. The Morgan fingerprint density at radius 3 is 2.89 bits per heavy atom. The molecular formula is C14H16BrN3. The van der Waals surface area contributed by atoms with Gasteiger partial charge in [0.1, 0.15) is 0 Å². The van der Waals surface area contributed by atoms with Gasteiger partial charge in [-0.3, -0.25) is 0 Å². The largest absolute Gasteiger partial charge is 0.347 e. The normalized spacial score (nSPS) is 22.7. The number of nitrogens with one attached hydrogen (secondary N) is 2. The fraction of sp³-hybridized carbons (Fsp3) is 0.357. The number of rotatable bonds is 4. The molecular weight excluding hydrogens is 290 g/mol. The van der Waals surface area contributed by atoms with Gasteiger partial charge < -0.3 is 10.3 Å². The zero-order valence-electron chi connectivity index (χ0n) is 10.1. The third-order valence-electron chi connectivity index (χ3n) is 3.62. The molecule has 1 aromatic heterocycles. The first kappa shape index (κ1) is 11.9. The van der Waals surface area contributed by atoms with Crippen LogP contribution in [-0.2, 0) is 6.54 Å². The summed E-state index contributed by atoms with van der Waals surface area (Å²) < 4.78 is 1.24. The van der Waals surface area contributed by atoms with Crippen LogP contribution in [0.3, 0.4) is 0 Å². The zero-order chi connectivity index (χ0) is 12.4. The highest BCUT2D eigenvalue weighted by Crippen LogP contribution is 2.39. The summed E-state index contributed by atoms with van der Waals surface area (Å²) in [4.78, 5) is 7.13. The van der Waals surface area contributed by atoms with Crippen LogP contribution in [0.15, 0.2) is 41.3 Å². The van der Waals surface area contributed by atoms with Gasteiger partial charge in [-0.2, -0.15) is 0 Å². The topological polar surface area (TPSA) is 40.7 Å². The maximum Gasteiger partial charge on any atom is 0.0922 e. The molecule has 1 aliphatic rings. The first-order chi connectivity index (χ1) is 8.83. The van der Waals surface area contributed by atoms with E-state index in [1.807, 2.05) is 6.20 Å². The number of aromatic nitrogens is 2. The summed E-state index contributed by atoms with van der Waals surface area (Å²) in [5, 5.41) is 3.55. The van der Waals surface area contributed by atoms with Crippen LogP contribution in [0.25, 0.3) is 0 Å². The van der Waals surface area contributed by atoms with Crippen LogP contribution < -0.4 is 5.32 Å². The van der Waals surface area contributed by atoms with Crippen LogP contribution in [0.5, 0.6) is 0 Å². The maximum absolute atomic E-state index is 4.02. The summed E-state index contributed by atoms with van der Waals surface area (Å²) >= 11 is 3.63. The maximum atomic E-state index is 4.02. The number of hydrogen-bond donors (Lipinski definition) is 2. The molecule has 1 aromatic carbocycles. The highest BCUT2D eigenvalue weighted by atomic mass is 79.9. The molecule has 1 fully saturated rings. The third kappa shape index (κ3) is 2.49. The van der Waals surface area contributed by atoms with Crippen LogP contribution in [0.4, 0.5) is 0 Å². The lowest BCUT2D eigenvalue weighted by molar-refractivity contribution is 0.288. The van der Waals surface area contributed by atoms with Crippen LogP contribution in [0.1, 0.15) is 30.0 Å². The number of H-pyrrole nitrogens is 1. The van der Waals surface area contributed by atoms with Gasteiger partial charge in [-0.1, -0.05) is 34.1 Å². The molecule has 3 nitrogen and oxygen atoms in total. The Morgan fingerprint density at radius 1 is 1.33 bits per heavy atom. The van der Waals surface area contributed by atoms with Gasteiger partial charge in [0.15, 0.2) is 0 Å². The van der Waals surface area contributed by atoms with Gasteiger partial charge in [0, 0.05) is 29.0 Å². The molecule has 0 bridgehead atoms. The van der Waals surface area contributed by atoms with E-state index < -0.39 is 0 Å². The Balaban J connectivity index is 1.50. The Hall–Kier alpha value is -1.13. The zero-order valence-corrected chi connectivity index (χ0v) is 11.7.